The van der Waals surface area contributed by atoms with Crippen molar-refractivity contribution in [2.24, 2.45) is 0 Å². The number of amides is 1. The largest absolute Gasteiger partial charge is 0.466 e. The fourth-order valence-corrected chi connectivity index (χ4v) is 10.2. The van der Waals surface area contributed by atoms with E-state index in [2.05, 4.69) is 19.2 Å². The van der Waals surface area contributed by atoms with E-state index in [1.165, 1.54) is 289 Å². The third-order valence-electron chi connectivity index (χ3n) is 15.1. The van der Waals surface area contributed by atoms with E-state index < -0.39 is 12.1 Å². The molecule has 6 heteroatoms. The summed E-state index contributed by atoms with van der Waals surface area (Å²) in [6, 6.07) is -0.634. The van der Waals surface area contributed by atoms with Crippen LogP contribution in [0.2, 0.25) is 0 Å². The fourth-order valence-electron chi connectivity index (χ4n) is 10.2. The molecular formula is C64H125NO5. The van der Waals surface area contributed by atoms with Gasteiger partial charge in [-0.3, -0.25) is 9.59 Å². The molecule has 0 saturated carbocycles. The van der Waals surface area contributed by atoms with Crippen molar-refractivity contribution in [3.05, 3.63) is 12.2 Å². The van der Waals surface area contributed by atoms with Gasteiger partial charge in [0.1, 0.15) is 0 Å². The second kappa shape index (κ2) is 60.2. The van der Waals surface area contributed by atoms with Gasteiger partial charge in [0, 0.05) is 12.8 Å². The Morgan fingerprint density at radius 1 is 0.386 bits per heavy atom. The van der Waals surface area contributed by atoms with E-state index in [0.717, 1.165) is 44.9 Å². The van der Waals surface area contributed by atoms with Gasteiger partial charge < -0.3 is 20.3 Å². The predicted octanol–water partition coefficient (Wildman–Crippen LogP) is 20.0. The topological polar surface area (TPSA) is 95.9 Å². The van der Waals surface area contributed by atoms with Gasteiger partial charge in [0.05, 0.1) is 25.4 Å². The van der Waals surface area contributed by atoms with Crippen molar-refractivity contribution in [1.29, 1.82) is 0 Å². The van der Waals surface area contributed by atoms with Crippen molar-refractivity contribution in [3.63, 3.8) is 0 Å². The highest BCUT2D eigenvalue weighted by atomic mass is 16.5. The molecule has 0 aliphatic carbocycles. The Morgan fingerprint density at radius 3 is 0.971 bits per heavy atom. The molecule has 0 aromatic heterocycles. The molecule has 0 heterocycles. The Kier molecular flexibility index (Phi) is 59.0. The monoisotopic (exact) mass is 988 g/mol. The summed E-state index contributed by atoms with van der Waals surface area (Å²) < 4.78 is 5.50. The molecule has 1 amide bonds. The molecule has 0 fully saturated rings. The number of nitrogens with one attached hydrogen (secondary N) is 1. The number of esters is 1. The van der Waals surface area contributed by atoms with Gasteiger partial charge in [-0.1, -0.05) is 328 Å². The average molecular weight is 989 g/mol. The van der Waals surface area contributed by atoms with Gasteiger partial charge in [0.15, 0.2) is 0 Å². The van der Waals surface area contributed by atoms with Crippen LogP contribution in [0.25, 0.3) is 0 Å². The maximum atomic E-state index is 12.5. The maximum Gasteiger partial charge on any atom is 0.305 e. The highest BCUT2D eigenvalue weighted by Crippen LogP contribution is 2.18. The van der Waals surface area contributed by atoms with E-state index in [0.29, 0.717) is 19.4 Å². The number of carbonyl (C=O) groups is 2. The van der Waals surface area contributed by atoms with Crippen LogP contribution >= 0.6 is 0 Å². The number of carbonyl (C=O) groups excluding carboxylic acids is 2. The molecule has 70 heavy (non-hydrogen) atoms. The molecule has 0 aromatic carbocycles. The van der Waals surface area contributed by atoms with Crippen LogP contribution < -0.4 is 5.32 Å². The van der Waals surface area contributed by atoms with E-state index in [1.54, 1.807) is 6.08 Å². The molecule has 0 spiro atoms. The van der Waals surface area contributed by atoms with Crippen molar-refractivity contribution < 1.29 is 24.5 Å². The lowest BCUT2D eigenvalue weighted by molar-refractivity contribution is -0.143. The Morgan fingerprint density at radius 2 is 0.657 bits per heavy atom. The van der Waals surface area contributed by atoms with Crippen molar-refractivity contribution >= 4 is 11.9 Å². The number of allylic oxidation sites excluding steroid dienone is 1. The van der Waals surface area contributed by atoms with E-state index >= 15 is 0 Å². The molecule has 0 radical (unpaired) electrons. The van der Waals surface area contributed by atoms with Crippen LogP contribution in [0.15, 0.2) is 12.2 Å². The second-order valence-electron chi connectivity index (χ2n) is 22.1. The SMILES string of the molecule is CCCCCCCCCCCCCCCCCCCC/C=C/C(O)C(CO)NC(=O)CCCCCCCCCCCCCCCCCOC(=O)CCCCCCCCCCCCCCCCCCCC. The summed E-state index contributed by atoms with van der Waals surface area (Å²) in [5.41, 5.74) is 0. The van der Waals surface area contributed by atoms with Crippen LogP contribution in [0.1, 0.15) is 361 Å². The van der Waals surface area contributed by atoms with Gasteiger partial charge in [-0.15, -0.1) is 0 Å². The van der Waals surface area contributed by atoms with Crippen LogP contribution in [0, 0.1) is 0 Å². The standard InChI is InChI=1S/C64H125NO5/c1-3-5-7-9-11-13-15-17-19-21-23-24-25-28-32-36-40-44-48-52-56-62(67)61(60-66)65-63(68)57-53-49-45-41-37-33-29-27-31-35-39-43-47-51-55-59-70-64(69)58-54-50-46-42-38-34-30-26-22-20-18-16-14-12-10-8-6-4-2/h52,56,61-62,66-67H,3-51,53-55,57-60H2,1-2H3,(H,65,68)/b56-52+. The van der Waals surface area contributed by atoms with E-state index in [9.17, 15) is 19.8 Å². The number of hydrogen-bond acceptors (Lipinski definition) is 5. The van der Waals surface area contributed by atoms with E-state index in [1.807, 2.05) is 6.08 Å². The summed E-state index contributed by atoms with van der Waals surface area (Å²) in [5, 5.41) is 23.2. The quantitative estimate of drug-likeness (QED) is 0.0321. The van der Waals surface area contributed by atoms with Crippen LogP contribution in [0.3, 0.4) is 0 Å². The minimum atomic E-state index is -0.850. The molecule has 0 aromatic rings. The minimum absolute atomic E-state index is 0.00500. The van der Waals surface area contributed by atoms with Gasteiger partial charge in [0.2, 0.25) is 5.91 Å². The lowest BCUT2D eigenvalue weighted by atomic mass is 10.0. The predicted molar refractivity (Wildman–Crippen MR) is 306 cm³/mol. The highest BCUT2D eigenvalue weighted by molar-refractivity contribution is 5.76. The molecule has 0 saturated heterocycles. The maximum absolute atomic E-state index is 12.5. The first-order valence-electron chi connectivity index (χ1n) is 32.0. The van der Waals surface area contributed by atoms with Crippen molar-refractivity contribution in [1.82, 2.24) is 5.32 Å². The number of hydrogen-bond donors (Lipinski definition) is 3. The number of unbranched alkanes of at least 4 members (excludes halogenated alkanes) is 49. The molecule has 2 atom stereocenters. The zero-order chi connectivity index (χ0) is 50.7. The molecule has 6 nitrogen and oxygen atoms in total. The summed E-state index contributed by atoms with van der Waals surface area (Å²) in [5.74, 6) is -0.0674. The second-order valence-corrected chi connectivity index (χ2v) is 22.1. The molecule has 0 rings (SSSR count). The van der Waals surface area contributed by atoms with Crippen molar-refractivity contribution in [2.45, 2.75) is 373 Å². The number of rotatable bonds is 60. The molecule has 3 N–H and O–H groups in total. The third-order valence-corrected chi connectivity index (χ3v) is 15.1. The first-order chi connectivity index (χ1) is 34.5. The van der Waals surface area contributed by atoms with Crippen LogP contribution in [-0.4, -0.2) is 47.4 Å². The first-order valence-corrected chi connectivity index (χ1v) is 32.0. The molecular weight excluding hydrogens is 863 g/mol. The van der Waals surface area contributed by atoms with Gasteiger partial charge in [0.25, 0.3) is 0 Å². The zero-order valence-electron chi connectivity index (χ0n) is 47.5. The lowest BCUT2D eigenvalue weighted by Gasteiger charge is -2.20. The van der Waals surface area contributed by atoms with Crippen LogP contribution in [0.5, 0.6) is 0 Å². The highest BCUT2D eigenvalue weighted by Gasteiger charge is 2.18. The summed E-state index contributed by atoms with van der Waals surface area (Å²) >= 11 is 0. The molecule has 0 aliphatic heterocycles. The van der Waals surface area contributed by atoms with Gasteiger partial charge in [-0.2, -0.15) is 0 Å². The molecule has 0 aliphatic rings. The van der Waals surface area contributed by atoms with Crippen LogP contribution in [-0.2, 0) is 14.3 Å². The molecule has 2 unspecified atom stereocenters. The third kappa shape index (κ3) is 55.9. The number of ether oxygens (including phenoxy) is 1. The zero-order valence-corrected chi connectivity index (χ0v) is 47.5. The minimum Gasteiger partial charge on any atom is -0.466 e. The summed E-state index contributed by atoms with van der Waals surface area (Å²) in [6.45, 7) is 4.93. The normalized spacial score (nSPS) is 12.6. The van der Waals surface area contributed by atoms with E-state index in [4.69, 9.17) is 4.74 Å². The Hall–Kier alpha value is -1.40. The fraction of sp³-hybridized carbons (Fsp3) is 0.938. The Bertz CT molecular complexity index is 1050. The van der Waals surface area contributed by atoms with Crippen molar-refractivity contribution in [3.8, 4) is 0 Å². The molecule has 416 valence electrons. The smallest absolute Gasteiger partial charge is 0.305 e. The van der Waals surface area contributed by atoms with Crippen LogP contribution in [0.4, 0.5) is 0 Å². The summed E-state index contributed by atoms with van der Waals surface area (Å²) in [4.78, 5) is 24.6. The van der Waals surface area contributed by atoms with Gasteiger partial charge in [-0.25, -0.2) is 0 Å². The van der Waals surface area contributed by atoms with Crippen molar-refractivity contribution in [2.75, 3.05) is 13.2 Å². The summed E-state index contributed by atoms with van der Waals surface area (Å²) in [6.07, 6.45) is 72.5. The number of aliphatic hydroxyl groups is 2. The van der Waals surface area contributed by atoms with Gasteiger partial charge >= 0.3 is 5.97 Å². The molecule has 0 bridgehead atoms. The number of aliphatic hydroxyl groups excluding tert-OH is 2. The van der Waals surface area contributed by atoms with Gasteiger partial charge in [-0.05, 0) is 32.1 Å². The lowest BCUT2D eigenvalue weighted by Crippen LogP contribution is -2.45. The average Bonchev–Trinajstić information content (AvgIpc) is 3.36. The summed E-state index contributed by atoms with van der Waals surface area (Å²) in [7, 11) is 0. The first kappa shape index (κ1) is 68.6. The Labute approximate surface area is 438 Å². The Balaban J connectivity index is 3.43. The van der Waals surface area contributed by atoms with E-state index in [-0.39, 0.29) is 18.5 Å².